The van der Waals surface area contributed by atoms with Gasteiger partial charge in [0.2, 0.25) is 5.91 Å². The maximum atomic E-state index is 12.2. The Labute approximate surface area is 112 Å². The molecular formula is C12H21N5O2. The molecule has 1 rings (SSSR count). The molecule has 0 spiro atoms. The average Bonchev–Trinajstić information content (AvgIpc) is 2.63. The predicted octanol–water partition coefficient (Wildman–Crippen LogP) is 0.000120. The van der Waals surface area contributed by atoms with Gasteiger partial charge >= 0.3 is 0 Å². The molecule has 106 valence electrons. The summed E-state index contributed by atoms with van der Waals surface area (Å²) >= 11 is 0. The molecule has 0 fully saturated rings. The Balaban J connectivity index is 2.93. The summed E-state index contributed by atoms with van der Waals surface area (Å²) < 4.78 is 1.53. The van der Waals surface area contributed by atoms with E-state index in [-0.39, 0.29) is 11.8 Å². The molecule has 2 amide bonds. The molecule has 0 aliphatic rings. The highest BCUT2D eigenvalue weighted by molar-refractivity contribution is 6.00. The van der Waals surface area contributed by atoms with Crippen molar-refractivity contribution in [2.24, 2.45) is 0 Å². The van der Waals surface area contributed by atoms with Crippen LogP contribution in [0.15, 0.2) is 0 Å². The van der Waals surface area contributed by atoms with Crippen LogP contribution in [0.5, 0.6) is 0 Å². The highest BCUT2D eigenvalue weighted by Crippen LogP contribution is 2.16. The monoisotopic (exact) mass is 267 g/mol. The van der Waals surface area contributed by atoms with E-state index in [2.05, 4.69) is 10.4 Å². The van der Waals surface area contributed by atoms with Crippen molar-refractivity contribution in [3.8, 4) is 0 Å². The summed E-state index contributed by atoms with van der Waals surface area (Å²) in [5.41, 5.74) is 7.12. The predicted molar refractivity (Wildman–Crippen MR) is 72.7 cm³/mol. The first-order valence-corrected chi connectivity index (χ1v) is 6.14. The molecule has 1 atom stereocenters. The number of nitrogens with two attached hydrogens (primary N) is 1. The molecule has 0 bridgehead atoms. The SMILES string of the molecule is CCn1nc(C)c(N)c1C(=O)NC(C)C(=O)N(C)C. The molecule has 7 heteroatoms. The Bertz CT molecular complexity index is 493. The number of likely N-dealkylation sites (N-methyl/N-ethyl adjacent to an activating group) is 1. The second-order valence-corrected chi connectivity index (χ2v) is 4.59. The molecule has 0 radical (unpaired) electrons. The van der Waals surface area contributed by atoms with E-state index in [0.717, 1.165) is 0 Å². The minimum Gasteiger partial charge on any atom is -0.395 e. The summed E-state index contributed by atoms with van der Waals surface area (Å²) in [6, 6.07) is -0.609. The zero-order chi connectivity index (χ0) is 14.7. The summed E-state index contributed by atoms with van der Waals surface area (Å²) in [6.07, 6.45) is 0. The van der Waals surface area contributed by atoms with Crippen molar-refractivity contribution >= 4 is 17.5 Å². The number of nitrogens with zero attached hydrogens (tertiary/aromatic N) is 3. The molecule has 0 saturated heterocycles. The Morgan fingerprint density at radius 3 is 2.53 bits per heavy atom. The molecule has 0 aromatic carbocycles. The van der Waals surface area contributed by atoms with Crippen LogP contribution in [0.1, 0.15) is 30.0 Å². The third-order valence-corrected chi connectivity index (χ3v) is 2.85. The normalized spacial score (nSPS) is 12.1. The fourth-order valence-electron chi connectivity index (χ4n) is 1.78. The minimum atomic E-state index is -0.609. The van der Waals surface area contributed by atoms with Crippen LogP contribution in [0, 0.1) is 6.92 Å². The third kappa shape index (κ3) is 3.04. The number of anilines is 1. The number of hydrogen-bond acceptors (Lipinski definition) is 4. The summed E-state index contributed by atoms with van der Waals surface area (Å²) in [5, 5.41) is 6.81. The second kappa shape index (κ2) is 5.73. The van der Waals surface area contributed by atoms with Gasteiger partial charge in [0.15, 0.2) is 0 Å². The smallest absolute Gasteiger partial charge is 0.272 e. The highest BCUT2D eigenvalue weighted by Gasteiger charge is 2.23. The van der Waals surface area contributed by atoms with Gasteiger partial charge in [-0.25, -0.2) is 0 Å². The van der Waals surface area contributed by atoms with E-state index in [1.165, 1.54) is 9.58 Å². The molecule has 7 nitrogen and oxygen atoms in total. The topological polar surface area (TPSA) is 93.2 Å². The molecule has 1 unspecified atom stereocenters. The van der Waals surface area contributed by atoms with E-state index >= 15 is 0 Å². The van der Waals surface area contributed by atoms with Gasteiger partial charge in [-0.3, -0.25) is 14.3 Å². The quantitative estimate of drug-likeness (QED) is 0.803. The number of carbonyl (C=O) groups is 2. The minimum absolute atomic E-state index is 0.175. The van der Waals surface area contributed by atoms with Crippen LogP contribution in [0.25, 0.3) is 0 Å². The molecule has 0 aliphatic heterocycles. The second-order valence-electron chi connectivity index (χ2n) is 4.59. The number of carbonyl (C=O) groups excluding carboxylic acids is 2. The molecule has 19 heavy (non-hydrogen) atoms. The van der Waals surface area contributed by atoms with E-state index in [4.69, 9.17) is 5.73 Å². The van der Waals surface area contributed by atoms with E-state index in [1.807, 2.05) is 6.92 Å². The number of amides is 2. The third-order valence-electron chi connectivity index (χ3n) is 2.85. The van der Waals surface area contributed by atoms with Crippen LogP contribution in [-0.4, -0.2) is 46.6 Å². The lowest BCUT2D eigenvalue weighted by molar-refractivity contribution is -0.130. The number of nitrogen functional groups attached to an aromatic ring is 1. The fourth-order valence-corrected chi connectivity index (χ4v) is 1.78. The summed E-state index contributed by atoms with van der Waals surface area (Å²) in [7, 11) is 3.28. The van der Waals surface area contributed by atoms with Crippen LogP contribution >= 0.6 is 0 Å². The number of rotatable bonds is 4. The Morgan fingerprint density at radius 2 is 2.05 bits per heavy atom. The zero-order valence-corrected chi connectivity index (χ0v) is 12.0. The number of nitrogens with one attached hydrogen (secondary N) is 1. The van der Waals surface area contributed by atoms with Crippen molar-refractivity contribution in [1.29, 1.82) is 0 Å². The van der Waals surface area contributed by atoms with Crippen molar-refractivity contribution in [2.75, 3.05) is 19.8 Å². The number of aromatic nitrogens is 2. The van der Waals surface area contributed by atoms with E-state index < -0.39 is 6.04 Å². The van der Waals surface area contributed by atoms with Gasteiger partial charge in [-0.05, 0) is 20.8 Å². The molecular weight excluding hydrogens is 246 g/mol. The standard InChI is InChI=1S/C12H21N5O2/c1-6-17-10(9(13)7(2)15-17)11(18)14-8(3)12(19)16(4)5/h8H,6,13H2,1-5H3,(H,14,18). The van der Waals surface area contributed by atoms with Crippen molar-refractivity contribution in [2.45, 2.75) is 33.4 Å². The Morgan fingerprint density at radius 1 is 1.47 bits per heavy atom. The lowest BCUT2D eigenvalue weighted by atomic mass is 10.2. The van der Waals surface area contributed by atoms with Crippen molar-refractivity contribution in [1.82, 2.24) is 20.0 Å². The summed E-state index contributed by atoms with van der Waals surface area (Å²) in [6.45, 7) is 5.79. The molecule has 1 aromatic heterocycles. The van der Waals surface area contributed by atoms with Gasteiger partial charge in [-0.2, -0.15) is 5.10 Å². The first-order valence-electron chi connectivity index (χ1n) is 6.14. The van der Waals surface area contributed by atoms with Gasteiger partial charge < -0.3 is 16.0 Å². The van der Waals surface area contributed by atoms with E-state index in [9.17, 15) is 9.59 Å². The van der Waals surface area contributed by atoms with Crippen molar-refractivity contribution in [3.05, 3.63) is 11.4 Å². The fraction of sp³-hybridized carbons (Fsp3) is 0.583. The molecule has 3 N–H and O–H groups in total. The van der Waals surface area contributed by atoms with E-state index in [1.54, 1.807) is 27.9 Å². The van der Waals surface area contributed by atoms with Gasteiger partial charge in [-0.1, -0.05) is 0 Å². The van der Waals surface area contributed by atoms with Crippen molar-refractivity contribution < 1.29 is 9.59 Å². The van der Waals surface area contributed by atoms with Gasteiger partial charge in [-0.15, -0.1) is 0 Å². The first-order chi connectivity index (χ1) is 8.79. The number of hydrogen-bond donors (Lipinski definition) is 2. The lowest BCUT2D eigenvalue weighted by Crippen LogP contribution is -2.44. The molecule has 1 heterocycles. The Kier molecular flexibility index (Phi) is 4.52. The maximum absolute atomic E-state index is 12.2. The lowest BCUT2D eigenvalue weighted by Gasteiger charge is -2.18. The first kappa shape index (κ1) is 15.0. The molecule has 0 aliphatic carbocycles. The van der Waals surface area contributed by atoms with Gasteiger partial charge in [0.1, 0.15) is 11.7 Å². The van der Waals surface area contributed by atoms with Crippen molar-refractivity contribution in [3.63, 3.8) is 0 Å². The number of aryl methyl sites for hydroxylation is 2. The zero-order valence-electron chi connectivity index (χ0n) is 12.0. The van der Waals surface area contributed by atoms with E-state index in [0.29, 0.717) is 23.6 Å². The van der Waals surface area contributed by atoms with Crippen LogP contribution in [-0.2, 0) is 11.3 Å². The summed E-state index contributed by atoms with van der Waals surface area (Å²) in [5.74, 6) is -0.561. The van der Waals surface area contributed by atoms with Crippen LogP contribution in [0.2, 0.25) is 0 Å². The van der Waals surface area contributed by atoms with Gasteiger partial charge in [0.05, 0.1) is 11.4 Å². The largest absolute Gasteiger partial charge is 0.395 e. The van der Waals surface area contributed by atoms with Crippen LogP contribution in [0.3, 0.4) is 0 Å². The maximum Gasteiger partial charge on any atom is 0.272 e. The van der Waals surface area contributed by atoms with Gasteiger partial charge in [0, 0.05) is 20.6 Å². The summed E-state index contributed by atoms with van der Waals surface area (Å²) in [4.78, 5) is 25.3. The molecule has 1 aromatic rings. The molecule has 0 saturated carbocycles. The average molecular weight is 267 g/mol. The van der Waals surface area contributed by atoms with Crippen LogP contribution in [0.4, 0.5) is 5.69 Å². The van der Waals surface area contributed by atoms with Gasteiger partial charge in [0.25, 0.3) is 5.91 Å². The Hall–Kier alpha value is -2.05. The highest BCUT2D eigenvalue weighted by atomic mass is 16.2. The van der Waals surface area contributed by atoms with Crippen LogP contribution < -0.4 is 11.1 Å².